The van der Waals surface area contributed by atoms with Gasteiger partial charge in [-0.2, -0.15) is 0 Å². The molecule has 4 N–H and O–H groups in total. The average Bonchev–Trinajstić information content (AvgIpc) is 3.41. The Kier molecular flexibility index (Phi) is 8.54. The van der Waals surface area contributed by atoms with Crippen molar-refractivity contribution >= 4 is 23.4 Å². The number of rotatable bonds is 8. The molecule has 2 aliphatic heterocycles. The molecule has 1 aromatic carbocycles. The zero-order chi connectivity index (χ0) is 22.2. The zero-order valence-electron chi connectivity index (χ0n) is 19.2. The largest absolute Gasteiger partial charge is 0.336 e. The van der Waals surface area contributed by atoms with Crippen molar-refractivity contribution in [3.63, 3.8) is 0 Å². The number of aryl methyl sites for hydroxylation is 1. The van der Waals surface area contributed by atoms with Gasteiger partial charge in [-0.25, -0.2) is 9.59 Å². The molecule has 172 valence electrons. The van der Waals surface area contributed by atoms with Crippen LogP contribution in [0.5, 0.6) is 0 Å². The van der Waals surface area contributed by atoms with Crippen molar-refractivity contribution < 1.29 is 9.59 Å². The summed E-state index contributed by atoms with van der Waals surface area (Å²) in [6, 6.07) is 5.95. The number of carbonyl (C=O) groups excluding carboxylic acids is 2. The van der Waals surface area contributed by atoms with Crippen LogP contribution in [0.2, 0.25) is 0 Å². The number of hydrogen-bond donors (Lipinski definition) is 4. The highest BCUT2D eigenvalue weighted by atomic mass is 16.2. The first kappa shape index (κ1) is 23.3. The molecule has 2 unspecified atom stereocenters. The first-order valence-corrected chi connectivity index (χ1v) is 11.7. The van der Waals surface area contributed by atoms with Gasteiger partial charge in [-0.3, -0.25) is 9.80 Å². The van der Waals surface area contributed by atoms with Crippen molar-refractivity contribution in [3.8, 4) is 0 Å². The van der Waals surface area contributed by atoms with E-state index in [1.807, 2.05) is 19.1 Å². The molecular formula is C23H38N6O2. The van der Waals surface area contributed by atoms with E-state index in [1.165, 1.54) is 12.8 Å². The number of nitrogens with zero attached hydrogens (tertiary/aromatic N) is 2. The van der Waals surface area contributed by atoms with Crippen LogP contribution in [0, 0.1) is 6.92 Å². The summed E-state index contributed by atoms with van der Waals surface area (Å²) in [4.78, 5) is 29.6. The molecule has 3 rings (SSSR count). The highest BCUT2D eigenvalue weighted by Crippen LogP contribution is 2.21. The minimum atomic E-state index is -0.219. The van der Waals surface area contributed by atoms with E-state index in [0.29, 0.717) is 36.5 Å². The summed E-state index contributed by atoms with van der Waals surface area (Å²) in [5.74, 6) is 0. The number of carbonyl (C=O) groups is 2. The van der Waals surface area contributed by atoms with Crippen LogP contribution in [-0.2, 0) is 0 Å². The van der Waals surface area contributed by atoms with Gasteiger partial charge in [-0.15, -0.1) is 0 Å². The van der Waals surface area contributed by atoms with E-state index in [-0.39, 0.29) is 12.1 Å². The molecule has 0 aromatic heterocycles. The molecule has 0 saturated carbocycles. The Hall–Kier alpha value is -2.32. The van der Waals surface area contributed by atoms with Gasteiger partial charge in [0, 0.05) is 36.5 Å². The summed E-state index contributed by atoms with van der Waals surface area (Å²) >= 11 is 0. The van der Waals surface area contributed by atoms with Crippen LogP contribution in [0.3, 0.4) is 0 Å². The first-order valence-electron chi connectivity index (χ1n) is 11.7. The quantitative estimate of drug-likeness (QED) is 0.510. The number of likely N-dealkylation sites (tertiary alicyclic amines) is 2. The molecule has 1 aromatic rings. The lowest BCUT2D eigenvalue weighted by Gasteiger charge is -2.23. The predicted molar refractivity (Wildman–Crippen MR) is 126 cm³/mol. The Morgan fingerprint density at radius 2 is 1.45 bits per heavy atom. The summed E-state index contributed by atoms with van der Waals surface area (Å²) in [5, 5.41) is 11.8. The molecule has 8 heteroatoms. The lowest BCUT2D eigenvalue weighted by atomic mass is 10.2. The summed E-state index contributed by atoms with van der Waals surface area (Å²) in [6.45, 7) is 11.8. The number of hydrogen-bond acceptors (Lipinski definition) is 4. The molecule has 2 heterocycles. The molecule has 4 amide bonds. The molecule has 0 spiro atoms. The van der Waals surface area contributed by atoms with E-state index < -0.39 is 0 Å². The minimum Gasteiger partial charge on any atom is -0.336 e. The van der Waals surface area contributed by atoms with Crippen molar-refractivity contribution in [1.82, 2.24) is 20.4 Å². The van der Waals surface area contributed by atoms with Crippen LogP contribution in [0.4, 0.5) is 21.0 Å². The monoisotopic (exact) mass is 430 g/mol. The van der Waals surface area contributed by atoms with Gasteiger partial charge < -0.3 is 21.3 Å². The molecular weight excluding hydrogens is 392 g/mol. The Morgan fingerprint density at radius 1 is 0.903 bits per heavy atom. The lowest BCUT2D eigenvalue weighted by molar-refractivity contribution is 0.237. The van der Waals surface area contributed by atoms with E-state index in [2.05, 4.69) is 44.9 Å². The van der Waals surface area contributed by atoms with Gasteiger partial charge in [-0.05, 0) is 76.5 Å². The highest BCUT2D eigenvalue weighted by Gasteiger charge is 2.24. The van der Waals surface area contributed by atoms with Crippen LogP contribution in [0.25, 0.3) is 0 Å². The highest BCUT2D eigenvalue weighted by molar-refractivity contribution is 5.93. The standard InChI is InChI=1S/C23H38N6O2/c1-4-28-12-6-8-19(28)15-24-22(30)26-18-11-10-17(3)21(14-18)27-23(31)25-16-20-9-7-13-29(20)5-2/h10-11,14,19-20H,4-9,12-13,15-16H2,1-3H3,(H2,24,26,30)(H2,25,27,31). The van der Waals surface area contributed by atoms with Gasteiger partial charge >= 0.3 is 12.1 Å². The number of likely N-dealkylation sites (N-methyl/N-ethyl adjacent to an activating group) is 2. The first-order chi connectivity index (χ1) is 15.0. The SMILES string of the molecule is CCN1CCCC1CNC(=O)Nc1ccc(C)c(NC(=O)NCC2CCCN2CC)c1. The zero-order valence-corrected chi connectivity index (χ0v) is 19.2. The third kappa shape index (κ3) is 6.58. The fourth-order valence-electron chi connectivity index (χ4n) is 4.68. The molecule has 0 aliphatic carbocycles. The van der Waals surface area contributed by atoms with Gasteiger partial charge in [0.1, 0.15) is 0 Å². The second-order valence-corrected chi connectivity index (χ2v) is 8.55. The molecule has 2 saturated heterocycles. The van der Waals surface area contributed by atoms with Crippen LogP contribution in [-0.4, -0.2) is 73.2 Å². The lowest BCUT2D eigenvalue weighted by Crippen LogP contribution is -2.41. The molecule has 31 heavy (non-hydrogen) atoms. The number of amides is 4. The van der Waals surface area contributed by atoms with E-state index in [0.717, 1.165) is 44.6 Å². The fraction of sp³-hybridized carbons (Fsp3) is 0.652. The Balaban J connectivity index is 1.47. The fourth-order valence-corrected chi connectivity index (χ4v) is 4.68. The molecule has 0 radical (unpaired) electrons. The van der Waals surface area contributed by atoms with Crippen LogP contribution in [0.1, 0.15) is 45.1 Å². The third-order valence-corrected chi connectivity index (χ3v) is 6.55. The van der Waals surface area contributed by atoms with Crippen molar-refractivity contribution in [1.29, 1.82) is 0 Å². The second kappa shape index (κ2) is 11.3. The van der Waals surface area contributed by atoms with Crippen molar-refractivity contribution in [3.05, 3.63) is 23.8 Å². The van der Waals surface area contributed by atoms with Crippen molar-refractivity contribution in [2.75, 3.05) is 49.9 Å². The van der Waals surface area contributed by atoms with E-state index in [9.17, 15) is 9.59 Å². The molecule has 2 fully saturated rings. The summed E-state index contributed by atoms with van der Waals surface area (Å²) in [6.07, 6.45) is 4.62. The van der Waals surface area contributed by atoms with E-state index in [1.54, 1.807) is 6.07 Å². The van der Waals surface area contributed by atoms with Gasteiger partial charge in [0.15, 0.2) is 0 Å². The maximum absolute atomic E-state index is 12.4. The molecule has 2 atom stereocenters. The van der Waals surface area contributed by atoms with Crippen LogP contribution < -0.4 is 21.3 Å². The normalized spacial score (nSPS) is 21.8. The van der Waals surface area contributed by atoms with Gasteiger partial charge in [0.05, 0.1) is 0 Å². The van der Waals surface area contributed by atoms with Crippen molar-refractivity contribution in [2.45, 2.75) is 58.5 Å². The molecule has 8 nitrogen and oxygen atoms in total. The van der Waals surface area contributed by atoms with Crippen LogP contribution in [0.15, 0.2) is 18.2 Å². The molecule has 0 bridgehead atoms. The maximum atomic E-state index is 12.4. The second-order valence-electron chi connectivity index (χ2n) is 8.55. The Bertz CT molecular complexity index is 756. The number of nitrogens with one attached hydrogen (secondary N) is 4. The third-order valence-electron chi connectivity index (χ3n) is 6.55. The Labute approximate surface area is 186 Å². The topological polar surface area (TPSA) is 88.7 Å². The van der Waals surface area contributed by atoms with E-state index in [4.69, 9.17) is 0 Å². The summed E-state index contributed by atoms with van der Waals surface area (Å²) < 4.78 is 0. The number of benzene rings is 1. The van der Waals surface area contributed by atoms with Crippen molar-refractivity contribution in [2.24, 2.45) is 0 Å². The average molecular weight is 431 g/mol. The van der Waals surface area contributed by atoms with Gasteiger partial charge in [0.2, 0.25) is 0 Å². The summed E-state index contributed by atoms with van der Waals surface area (Å²) in [7, 11) is 0. The van der Waals surface area contributed by atoms with Crippen LogP contribution >= 0.6 is 0 Å². The molecule has 2 aliphatic rings. The maximum Gasteiger partial charge on any atom is 0.319 e. The van der Waals surface area contributed by atoms with E-state index >= 15 is 0 Å². The number of urea groups is 2. The van der Waals surface area contributed by atoms with Gasteiger partial charge in [-0.1, -0.05) is 19.9 Å². The predicted octanol–water partition coefficient (Wildman–Crippen LogP) is 3.21. The smallest absolute Gasteiger partial charge is 0.319 e. The summed E-state index contributed by atoms with van der Waals surface area (Å²) in [5.41, 5.74) is 2.30. The minimum absolute atomic E-state index is 0.214. The van der Waals surface area contributed by atoms with Gasteiger partial charge in [0.25, 0.3) is 0 Å². The number of anilines is 2. The Morgan fingerprint density at radius 3 is 2.00 bits per heavy atom.